The molecular weight excluding hydrogens is 230 g/mol. The Morgan fingerprint density at radius 1 is 1.22 bits per heavy atom. The van der Waals surface area contributed by atoms with Gasteiger partial charge in [-0.25, -0.2) is 0 Å². The van der Waals surface area contributed by atoms with E-state index in [2.05, 4.69) is 11.1 Å². The molecule has 0 fully saturated rings. The minimum Gasteiger partial charge on any atom is -0.486 e. The topological polar surface area (TPSA) is 84.1 Å². The second kappa shape index (κ2) is 4.00. The normalized spacial score (nSPS) is 13.1. The van der Waals surface area contributed by atoms with Gasteiger partial charge in [-0.15, -0.1) is 0 Å². The molecule has 0 amide bonds. The first-order chi connectivity index (χ1) is 8.79. The van der Waals surface area contributed by atoms with Crippen LogP contribution in [-0.2, 0) is 0 Å². The fourth-order valence-electron chi connectivity index (χ4n) is 2.00. The summed E-state index contributed by atoms with van der Waals surface area (Å²) >= 11 is 0. The minimum absolute atomic E-state index is 0.377. The number of nitrogens with two attached hydrogens (primary N) is 1. The van der Waals surface area contributed by atoms with Gasteiger partial charge >= 0.3 is 0 Å². The minimum atomic E-state index is 0.377. The Morgan fingerprint density at radius 2 is 2.00 bits per heavy atom. The van der Waals surface area contributed by atoms with Crippen LogP contribution in [0.15, 0.2) is 24.4 Å². The molecule has 0 saturated carbocycles. The predicted molar refractivity (Wildman–Crippen MR) is 66.3 cm³/mol. The van der Waals surface area contributed by atoms with Crippen LogP contribution in [0.2, 0.25) is 0 Å². The number of nitrogens with one attached hydrogen (secondary N) is 1. The van der Waals surface area contributed by atoms with Crippen molar-refractivity contribution in [2.45, 2.75) is 0 Å². The van der Waals surface area contributed by atoms with E-state index in [1.807, 2.05) is 18.2 Å². The molecule has 1 aromatic heterocycles. The van der Waals surface area contributed by atoms with Gasteiger partial charge in [0.15, 0.2) is 11.5 Å². The molecule has 0 spiro atoms. The van der Waals surface area contributed by atoms with E-state index in [1.165, 1.54) is 0 Å². The highest BCUT2D eigenvalue weighted by Gasteiger charge is 2.15. The lowest BCUT2D eigenvalue weighted by molar-refractivity contribution is 0.171. The highest BCUT2D eigenvalue weighted by molar-refractivity contribution is 5.77. The number of hydrogen-bond donors (Lipinski definition) is 2. The number of rotatable bonds is 1. The van der Waals surface area contributed by atoms with Gasteiger partial charge in [0.2, 0.25) is 0 Å². The van der Waals surface area contributed by atoms with E-state index in [0.29, 0.717) is 30.3 Å². The zero-order chi connectivity index (χ0) is 12.5. The molecule has 0 atom stereocenters. The SMILES string of the molecule is N#Cc1c(-c2ccc3c(c2)OCCO3)c[nH]c1N. The highest BCUT2D eigenvalue weighted by atomic mass is 16.6. The lowest BCUT2D eigenvalue weighted by atomic mass is 10.0. The molecule has 3 rings (SSSR count). The monoisotopic (exact) mass is 241 g/mol. The first kappa shape index (κ1) is 10.5. The van der Waals surface area contributed by atoms with Gasteiger partial charge in [0, 0.05) is 11.8 Å². The van der Waals surface area contributed by atoms with Gasteiger partial charge in [-0.3, -0.25) is 0 Å². The van der Waals surface area contributed by atoms with Crippen molar-refractivity contribution < 1.29 is 9.47 Å². The van der Waals surface area contributed by atoms with Gasteiger partial charge in [-0.1, -0.05) is 6.07 Å². The smallest absolute Gasteiger partial charge is 0.161 e. The van der Waals surface area contributed by atoms with Crippen LogP contribution in [0.25, 0.3) is 11.1 Å². The second-order valence-electron chi connectivity index (χ2n) is 3.96. The van der Waals surface area contributed by atoms with Crippen LogP contribution in [0.5, 0.6) is 11.5 Å². The van der Waals surface area contributed by atoms with E-state index in [0.717, 1.165) is 16.9 Å². The Bertz CT molecular complexity index is 640. The molecule has 2 aromatic rings. The molecule has 1 aliphatic rings. The summed E-state index contributed by atoms with van der Waals surface area (Å²) in [5.41, 5.74) is 7.79. The quantitative estimate of drug-likeness (QED) is 0.798. The third-order valence-electron chi connectivity index (χ3n) is 2.88. The second-order valence-corrected chi connectivity index (χ2v) is 3.96. The lowest BCUT2D eigenvalue weighted by Crippen LogP contribution is -2.15. The molecule has 0 saturated heterocycles. The summed E-state index contributed by atoms with van der Waals surface area (Å²) in [6.45, 7) is 1.10. The Hall–Kier alpha value is -2.61. The van der Waals surface area contributed by atoms with Crippen LogP contribution in [0, 0.1) is 11.3 Å². The van der Waals surface area contributed by atoms with E-state index in [4.69, 9.17) is 20.5 Å². The van der Waals surface area contributed by atoms with E-state index < -0.39 is 0 Å². The van der Waals surface area contributed by atoms with Crippen LogP contribution in [0.1, 0.15) is 5.56 Å². The van der Waals surface area contributed by atoms with Crippen LogP contribution >= 0.6 is 0 Å². The lowest BCUT2D eigenvalue weighted by Gasteiger charge is -2.18. The number of fused-ring (bicyclic) bond motifs is 1. The van der Waals surface area contributed by atoms with Crippen molar-refractivity contribution in [3.05, 3.63) is 30.0 Å². The standard InChI is InChI=1S/C13H11N3O2/c14-6-9-10(7-16-13(9)15)8-1-2-11-12(5-8)18-4-3-17-11/h1-2,5,7,16H,3-4,15H2. The van der Waals surface area contributed by atoms with Crippen LogP contribution in [0.3, 0.4) is 0 Å². The Kier molecular flexibility index (Phi) is 2.34. The summed E-state index contributed by atoms with van der Waals surface area (Å²) in [5, 5.41) is 9.08. The van der Waals surface area contributed by atoms with Gasteiger partial charge < -0.3 is 20.2 Å². The van der Waals surface area contributed by atoms with Crippen LogP contribution in [0.4, 0.5) is 5.82 Å². The molecule has 1 aromatic carbocycles. The van der Waals surface area contributed by atoms with Crippen molar-refractivity contribution in [2.24, 2.45) is 0 Å². The Balaban J connectivity index is 2.10. The van der Waals surface area contributed by atoms with Crippen molar-refractivity contribution in [3.8, 4) is 28.7 Å². The van der Waals surface area contributed by atoms with E-state index in [1.54, 1.807) is 6.20 Å². The zero-order valence-electron chi connectivity index (χ0n) is 9.56. The summed E-state index contributed by atoms with van der Waals surface area (Å²) < 4.78 is 11.0. The maximum Gasteiger partial charge on any atom is 0.161 e. The summed E-state index contributed by atoms with van der Waals surface area (Å²) in [4.78, 5) is 2.85. The van der Waals surface area contributed by atoms with Crippen molar-refractivity contribution in [3.63, 3.8) is 0 Å². The molecule has 0 aliphatic carbocycles. The molecule has 2 heterocycles. The molecule has 1 aliphatic heterocycles. The number of aromatic amines is 1. The summed E-state index contributed by atoms with van der Waals surface area (Å²) in [7, 11) is 0. The van der Waals surface area contributed by atoms with Gasteiger partial charge in [0.25, 0.3) is 0 Å². The number of H-pyrrole nitrogens is 1. The number of anilines is 1. The fourth-order valence-corrected chi connectivity index (χ4v) is 2.00. The Morgan fingerprint density at radius 3 is 2.78 bits per heavy atom. The highest BCUT2D eigenvalue weighted by Crippen LogP contribution is 2.36. The number of hydrogen-bond acceptors (Lipinski definition) is 4. The zero-order valence-corrected chi connectivity index (χ0v) is 9.56. The average Bonchev–Trinajstić information content (AvgIpc) is 2.79. The van der Waals surface area contributed by atoms with Crippen molar-refractivity contribution in [1.29, 1.82) is 5.26 Å². The number of ether oxygens (including phenoxy) is 2. The van der Waals surface area contributed by atoms with Crippen molar-refractivity contribution in [2.75, 3.05) is 18.9 Å². The summed E-state index contributed by atoms with van der Waals surface area (Å²) in [6.07, 6.45) is 1.72. The van der Waals surface area contributed by atoms with Crippen molar-refractivity contribution in [1.82, 2.24) is 4.98 Å². The molecule has 0 bridgehead atoms. The number of aromatic nitrogens is 1. The molecule has 0 radical (unpaired) electrons. The average molecular weight is 241 g/mol. The molecule has 90 valence electrons. The van der Waals surface area contributed by atoms with E-state index in [-0.39, 0.29) is 0 Å². The molecule has 0 unspecified atom stereocenters. The summed E-state index contributed by atoms with van der Waals surface area (Å²) in [6, 6.07) is 7.68. The van der Waals surface area contributed by atoms with Gasteiger partial charge in [0.05, 0.1) is 0 Å². The molecule has 5 nitrogen and oxygen atoms in total. The summed E-state index contributed by atoms with van der Waals surface area (Å²) in [5.74, 6) is 1.80. The van der Waals surface area contributed by atoms with Crippen molar-refractivity contribution >= 4 is 5.82 Å². The molecule has 5 heteroatoms. The number of nitrogens with zero attached hydrogens (tertiary/aromatic N) is 1. The third-order valence-corrected chi connectivity index (χ3v) is 2.88. The van der Waals surface area contributed by atoms with E-state index in [9.17, 15) is 0 Å². The van der Waals surface area contributed by atoms with Gasteiger partial charge in [0.1, 0.15) is 30.7 Å². The molecule has 18 heavy (non-hydrogen) atoms. The van der Waals surface area contributed by atoms with Crippen LogP contribution < -0.4 is 15.2 Å². The van der Waals surface area contributed by atoms with E-state index >= 15 is 0 Å². The molecule has 3 N–H and O–H groups in total. The maximum absolute atomic E-state index is 9.08. The number of nitrogen functional groups attached to an aromatic ring is 1. The maximum atomic E-state index is 9.08. The first-order valence-corrected chi connectivity index (χ1v) is 5.56. The van der Waals surface area contributed by atoms with Crippen LogP contribution in [-0.4, -0.2) is 18.2 Å². The largest absolute Gasteiger partial charge is 0.486 e. The number of benzene rings is 1. The predicted octanol–water partition coefficient (Wildman–Crippen LogP) is 1.91. The van der Waals surface area contributed by atoms with Gasteiger partial charge in [-0.05, 0) is 17.7 Å². The first-order valence-electron chi connectivity index (χ1n) is 5.56. The number of nitriles is 1. The Labute approximate surface area is 104 Å². The fraction of sp³-hybridized carbons (Fsp3) is 0.154. The van der Waals surface area contributed by atoms with Gasteiger partial charge in [-0.2, -0.15) is 5.26 Å². The molecular formula is C13H11N3O2. The third kappa shape index (κ3) is 1.55.